The average Bonchev–Trinajstić information content (AvgIpc) is 3.69. The highest BCUT2D eigenvalue weighted by Gasteiger charge is 2.13. The van der Waals surface area contributed by atoms with E-state index in [4.69, 9.17) is 29.0 Å². The van der Waals surface area contributed by atoms with Crippen molar-refractivity contribution < 1.29 is 28.5 Å². The van der Waals surface area contributed by atoms with E-state index >= 15 is 0 Å². The third-order valence-corrected chi connectivity index (χ3v) is 10.6. The summed E-state index contributed by atoms with van der Waals surface area (Å²) in [5.74, 6) is 1.06. The Morgan fingerprint density at radius 3 is 2.22 bits per heavy atom. The quantitative estimate of drug-likeness (QED) is 0.0136. The Bertz CT molecular complexity index is 2010. The maximum Gasteiger partial charge on any atom is 0.343 e. The van der Waals surface area contributed by atoms with E-state index < -0.39 is 11.9 Å². The fourth-order valence-electron chi connectivity index (χ4n) is 6.21. The number of thiazole rings is 1. The second kappa shape index (κ2) is 24.3. The molecule has 5 aromatic rings. The number of esters is 2. The number of hydrazone groups is 1. The van der Waals surface area contributed by atoms with E-state index in [1.54, 1.807) is 47.7 Å². The van der Waals surface area contributed by atoms with Gasteiger partial charge < -0.3 is 18.9 Å². The molecule has 0 saturated carbocycles. The number of fused-ring (bicyclic) bond motifs is 1. The molecule has 1 heterocycles. The summed E-state index contributed by atoms with van der Waals surface area (Å²) in [7, 11) is 0. The normalized spacial score (nSPS) is 11.1. The van der Waals surface area contributed by atoms with Gasteiger partial charge in [-0.15, -0.1) is 0 Å². The number of ether oxygens (including phenoxy) is 4. The number of aromatic nitrogens is 1. The average molecular weight is 804 g/mol. The number of para-hydroxylation sites is 1. The first-order valence-electron chi connectivity index (χ1n) is 20.7. The van der Waals surface area contributed by atoms with Crippen LogP contribution in [0.2, 0.25) is 0 Å². The van der Waals surface area contributed by atoms with Crippen LogP contribution in [0, 0.1) is 0 Å². The van der Waals surface area contributed by atoms with Crippen LogP contribution < -0.4 is 19.2 Å². The molecule has 306 valence electrons. The summed E-state index contributed by atoms with van der Waals surface area (Å²) in [6.07, 6.45) is 15.8. The second-order valence-corrected chi connectivity index (χ2v) is 15.2. The van der Waals surface area contributed by atoms with E-state index in [-0.39, 0.29) is 0 Å². The summed E-state index contributed by atoms with van der Waals surface area (Å²) < 4.78 is 24.0. The van der Waals surface area contributed by atoms with Crippen molar-refractivity contribution in [1.82, 2.24) is 4.98 Å². The summed E-state index contributed by atoms with van der Waals surface area (Å²) in [5, 5.41) is 7.95. The molecule has 9 nitrogen and oxygen atoms in total. The number of hydrogen-bond acceptors (Lipinski definition) is 10. The molecule has 0 amide bonds. The molecule has 5 rings (SSSR count). The van der Waals surface area contributed by atoms with E-state index in [2.05, 4.69) is 44.7 Å². The molecule has 0 aliphatic rings. The minimum Gasteiger partial charge on any atom is -0.494 e. The van der Waals surface area contributed by atoms with Gasteiger partial charge in [0.25, 0.3) is 0 Å². The largest absolute Gasteiger partial charge is 0.494 e. The molecule has 58 heavy (non-hydrogen) atoms. The maximum atomic E-state index is 12.9. The summed E-state index contributed by atoms with van der Waals surface area (Å²) >= 11 is 1.67. The highest BCUT2D eigenvalue weighted by molar-refractivity contribution is 7.22. The van der Waals surface area contributed by atoms with Gasteiger partial charge in [-0.25, -0.2) is 19.6 Å². The minimum atomic E-state index is -0.444. The Balaban J connectivity index is 1.16. The summed E-state index contributed by atoms with van der Waals surface area (Å²) in [4.78, 5) is 28.9. The number of rotatable bonds is 26. The van der Waals surface area contributed by atoms with Gasteiger partial charge >= 0.3 is 11.9 Å². The zero-order valence-electron chi connectivity index (χ0n) is 34.0. The van der Waals surface area contributed by atoms with Crippen LogP contribution in [-0.2, 0) is 22.6 Å². The van der Waals surface area contributed by atoms with Crippen molar-refractivity contribution in [1.29, 1.82) is 0 Å². The first-order valence-corrected chi connectivity index (χ1v) is 21.5. The summed E-state index contributed by atoms with van der Waals surface area (Å²) in [6, 6.07) is 29.0. The van der Waals surface area contributed by atoms with Crippen molar-refractivity contribution in [2.45, 2.75) is 97.5 Å². The van der Waals surface area contributed by atoms with E-state index in [1.165, 1.54) is 37.3 Å². The number of nitrogens with zero attached hydrogens (tertiary/aromatic N) is 3. The monoisotopic (exact) mass is 803 g/mol. The van der Waals surface area contributed by atoms with Gasteiger partial charge in [-0.05, 0) is 117 Å². The fraction of sp³-hybridized carbons (Fsp3) is 0.375. The number of hydrogen-bond donors (Lipinski definition) is 0. The molecule has 1 aromatic heterocycles. The van der Waals surface area contributed by atoms with Crippen molar-refractivity contribution >= 4 is 44.8 Å². The van der Waals surface area contributed by atoms with Gasteiger partial charge in [-0.1, -0.05) is 94.2 Å². The van der Waals surface area contributed by atoms with Crippen LogP contribution in [0.4, 0.5) is 5.13 Å². The molecule has 0 bridgehead atoms. The molecule has 0 aliphatic heterocycles. The minimum absolute atomic E-state index is 0.343. The Kier molecular flexibility index (Phi) is 18.3. The van der Waals surface area contributed by atoms with Gasteiger partial charge in [0.1, 0.15) is 23.9 Å². The van der Waals surface area contributed by atoms with E-state index in [9.17, 15) is 9.59 Å². The molecule has 0 N–H and O–H groups in total. The van der Waals surface area contributed by atoms with Crippen LogP contribution in [-0.4, -0.2) is 42.9 Å². The molecule has 0 radical (unpaired) electrons. The van der Waals surface area contributed by atoms with Crippen LogP contribution in [0.15, 0.2) is 109 Å². The molecule has 4 aromatic carbocycles. The lowest BCUT2D eigenvalue weighted by atomic mass is 10.0. The SMILES string of the molecule is C=CC(=O)OCCCCCCOc1ccc(C(=O)Oc2ccc(COc3ccc(CCCCC)cc3/C=N/N(CCCCCC)c3nc4ccccc4s3)cc2)cc1. The van der Waals surface area contributed by atoms with Crippen LogP contribution in [0.3, 0.4) is 0 Å². The third kappa shape index (κ3) is 14.5. The van der Waals surface area contributed by atoms with Crippen LogP contribution >= 0.6 is 11.3 Å². The smallest absolute Gasteiger partial charge is 0.343 e. The Labute approximate surface area is 347 Å². The standard InChI is InChI=1S/C48H57N3O6S/c1-4-7-9-15-31-51(48-50-43-19-13-14-20-45(43)58-48)49-35-40-34-37(18-12-8-5-2)23-30-44(40)56-36-38-21-26-42(27-22-38)57-47(53)39-24-28-41(29-25-39)54-32-16-10-11-17-33-55-46(52)6-3/h6,13-14,19-30,34-35H,3-5,7-12,15-18,31-33,36H2,1-2H3/b49-35+. The number of benzene rings is 4. The molecule has 0 fully saturated rings. The first-order chi connectivity index (χ1) is 28.4. The number of carbonyl (C=O) groups excluding carboxylic acids is 2. The third-order valence-electron chi connectivity index (χ3n) is 9.54. The lowest BCUT2D eigenvalue weighted by Gasteiger charge is -2.16. The first kappa shape index (κ1) is 43.6. The van der Waals surface area contributed by atoms with Crippen LogP contribution in [0.5, 0.6) is 17.2 Å². The fourth-order valence-corrected chi connectivity index (χ4v) is 7.16. The zero-order chi connectivity index (χ0) is 40.8. The number of unbranched alkanes of at least 4 members (excludes halogenated alkanes) is 8. The van der Waals surface area contributed by atoms with Crippen LogP contribution in [0.1, 0.15) is 112 Å². The number of anilines is 1. The van der Waals surface area contributed by atoms with E-state index in [0.29, 0.717) is 36.9 Å². The molecule has 0 spiro atoms. The molecular formula is C48H57N3O6S. The molecule has 0 aliphatic carbocycles. The molecule has 0 atom stereocenters. The van der Waals surface area contributed by atoms with Crippen molar-refractivity contribution in [3.05, 3.63) is 126 Å². The van der Waals surface area contributed by atoms with E-state index in [1.807, 2.05) is 41.6 Å². The number of aryl methyl sites for hydroxylation is 1. The highest BCUT2D eigenvalue weighted by atomic mass is 32.1. The Morgan fingerprint density at radius 1 is 0.759 bits per heavy atom. The maximum absolute atomic E-state index is 12.9. The van der Waals surface area contributed by atoms with Crippen molar-refractivity contribution in [3.63, 3.8) is 0 Å². The topological polar surface area (TPSA) is 99.5 Å². The lowest BCUT2D eigenvalue weighted by molar-refractivity contribution is -0.137. The Hall–Kier alpha value is -5.48. The molecular weight excluding hydrogens is 747 g/mol. The predicted molar refractivity (Wildman–Crippen MR) is 236 cm³/mol. The molecule has 0 saturated heterocycles. The van der Waals surface area contributed by atoms with Gasteiger partial charge in [0.15, 0.2) is 0 Å². The summed E-state index contributed by atoms with van der Waals surface area (Å²) in [6.45, 7) is 9.94. The van der Waals surface area contributed by atoms with Gasteiger partial charge in [-0.3, -0.25) is 0 Å². The predicted octanol–water partition coefficient (Wildman–Crippen LogP) is 11.9. The lowest BCUT2D eigenvalue weighted by Crippen LogP contribution is -2.18. The van der Waals surface area contributed by atoms with Gasteiger partial charge in [0.2, 0.25) is 5.13 Å². The van der Waals surface area contributed by atoms with Gasteiger partial charge in [0.05, 0.1) is 35.2 Å². The summed E-state index contributed by atoms with van der Waals surface area (Å²) in [5.41, 5.74) is 4.56. The second-order valence-electron chi connectivity index (χ2n) is 14.2. The number of carbonyl (C=O) groups is 2. The van der Waals surface area contributed by atoms with Crippen molar-refractivity contribution in [2.75, 3.05) is 24.8 Å². The van der Waals surface area contributed by atoms with Crippen molar-refractivity contribution in [2.24, 2.45) is 5.10 Å². The zero-order valence-corrected chi connectivity index (χ0v) is 34.9. The van der Waals surface area contributed by atoms with Gasteiger partial charge in [0, 0.05) is 18.2 Å². The molecule has 10 heteroatoms. The van der Waals surface area contributed by atoms with Crippen molar-refractivity contribution in [3.8, 4) is 17.2 Å². The van der Waals surface area contributed by atoms with Gasteiger partial charge in [-0.2, -0.15) is 5.10 Å². The molecule has 0 unspecified atom stereocenters. The van der Waals surface area contributed by atoms with E-state index in [0.717, 1.165) is 90.1 Å². The highest BCUT2D eigenvalue weighted by Crippen LogP contribution is 2.30. The Morgan fingerprint density at radius 2 is 1.47 bits per heavy atom. The van der Waals surface area contributed by atoms with Crippen LogP contribution in [0.25, 0.3) is 10.2 Å².